The lowest BCUT2D eigenvalue weighted by Gasteiger charge is -2.11. The zero-order chi connectivity index (χ0) is 14.0. The van der Waals surface area contributed by atoms with Crippen LogP contribution in [0.4, 0.5) is 5.69 Å². The summed E-state index contributed by atoms with van der Waals surface area (Å²) in [5.41, 5.74) is 12.4. The Morgan fingerprint density at radius 3 is 2.63 bits per heavy atom. The van der Waals surface area contributed by atoms with Gasteiger partial charge in [0.05, 0.1) is 11.3 Å². The smallest absolute Gasteiger partial charge is 0.250 e. The molecule has 0 aromatic heterocycles. The van der Waals surface area contributed by atoms with Crippen molar-refractivity contribution in [2.24, 2.45) is 5.73 Å². The first-order chi connectivity index (χ1) is 8.99. The molecule has 0 aliphatic carbocycles. The Labute approximate surface area is 115 Å². The Balaban J connectivity index is 2.35. The Kier molecular flexibility index (Phi) is 3.62. The molecule has 1 amide bonds. The Hall–Kier alpha value is -2.20. The fraction of sp³-hybridized carbons (Fsp3) is 0.0714. The van der Waals surface area contributed by atoms with Gasteiger partial charge in [-0.15, -0.1) is 0 Å². The highest BCUT2D eigenvalue weighted by molar-refractivity contribution is 6.31. The maximum atomic E-state index is 11.2. The summed E-state index contributed by atoms with van der Waals surface area (Å²) in [5, 5.41) is 0.659. The summed E-state index contributed by atoms with van der Waals surface area (Å²) >= 11 is 5.94. The number of para-hydroxylation sites is 1. The molecule has 0 radical (unpaired) electrons. The van der Waals surface area contributed by atoms with Gasteiger partial charge in [0, 0.05) is 5.02 Å². The first-order valence-corrected chi connectivity index (χ1v) is 5.99. The molecule has 5 heteroatoms. The van der Waals surface area contributed by atoms with Crippen molar-refractivity contribution in [2.45, 2.75) is 6.92 Å². The highest BCUT2D eigenvalue weighted by atomic mass is 35.5. The van der Waals surface area contributed by atoms with Crippen LogP contribution < -0.4 is 16.2 Å². The van der Waals surface area contributed by atoms with E-state index < -0.39 is 5.91 Å². The largest absolute Gasteiger partial charge is 0.455 e. The average molecular weight is 277 g/mol. The summed E-state index contributed by atoms with van der Waals surface area (Å²) in [6.07, 6.45) is 0. The number of halogens is 1. The summed E-state index contributed by atoms with van der Waals surface area (Å²) < 4.78 is 5.64. The molecule has 2 aromatic rings. The van der Waals surface area contributed by atoms with E-state index in [2.05, 4.69) is 0 Å². The molecule has 2 rings (SSSR count). The fourth-order valence-corrected chi connectivity index (χ4v) is 1.77. The third-order valence-electron chi connectivity index (χ3n) is 2.69. The van der Waals surface area contributed by atoms with Crippen molar-refractivity contribution >= 4 is 23.2 Å². The lowest BCUT2D eigenvalue weighted by Crippen LogP contribution is -2.13. The van der Waals surface area contributed by atoms with E-state index in [9.17, 15) is 4.79 Å². The monoisotopic (exact) mass is 276 g/mol. The standard InChI is InChI=1S/C14H13ClN2O2/c1-8-7-9(5-6-11(8)15)19-12-4-2-3-10(13(12)16)14(17)18/h2-7H,16H2,1H3,(H2,17,18). The van der Waals surface area contributed by atoms with E-state index in [4.69, 9.17) is 27.8 Å². The number of nitrogen functional groups attached to an aromatic ring is 1. The molecule has 98 valence electrons. The summed E-state index contributed by atoms with van der Waals surface area (Å²) in [5.74, 6) is 0.392. The van der Waals surface area contributed by atoms with Crippen molar-refractivity contribution in [1.29, 1.82) is 0 Å². The molecule has 0 unspecified atom stereocenters. The number of benzene rings is 2. The predicted octanol–water partition coefficient (Wildman–Crippen LogP) is 3.12. The number of hydrogen-bond acceptors (Lipinski definition) is 3. The van der Waals surface area contributed by atoms with E-state index in [1.54, 1.807) is 36.4 Å². The van der Waals surface area contributed by atoms with Gasteiger partial charge in [-0.1, -0.05) is 17.7 Å². The van der Waals surface area contributed by atoms with Crippen molar-refractivity contribution in [1.82, 2.24) is 0 Å². The molecule has 4 nitrogen and oxygen atoms in total. The van der Waals surface area contributed by atoms with Gasteiger partial charge in [-0.05, 0) is 42.8 Å². The maximum absolute atomic E-state index is 11.2. The van der Waals surface area contributed by atoms with E-state index in [0.717, 1.165) is 5.56 Å². The van der Waals surface area contributed by atoms with Crippen LogP contribution in [0.15, 0.2) is 36.4 Å². The van der Waals surface area contributed by atoms with Crippen molar-refractivity contribution < 1.29 is 9.53 Å². The summed E-state index contributed by atoms with van der Waals surface area (Å²) in [6.45, 7) is 1.87. The summed E-state index contributed by atoms with van der Waals surface area (Å²) in [7, 11) is 0. The number of nitrogens with two attached hydrogens (primary N) is 2. The van der Waals surface area contributed by atoms with Crippen molar-refractivity contribution in [3.05, 3.63) is 52.5 Å². The lowest BCUT2D eigenvalue weighted by molar-refractivity contribution is 0.100. The number of carbonyl (C=O) groups is 1. The molecule has 0 aliphatic heterocycles. The minimum absolute atomic E-state index is 0.225. The first kappa shape index (κ1) is 13.2. The van der Waals surface area contributed by atoms with Gasteiger partial charge in [-0.2, -0.15) is 0 Å². The molecule has 0 spiro atoms. The van der Waals surface area contributed by atoms with Crippen LogP contribution in [0.3, 0.4) is 0 Å². The second-order valence-electron chi connectivity index (χ2n) is 4.09. The number of hydrogen-bond donors (Lipinski definition) is 2. The minimum Gasteiger partial charge on any atom is -0.455 e. The van der Waals surface area contributed by atoms with Crippen LogP contribution in [0.5, 0.6) is 11.5 Å². The quantitative estimate of drug-likeness (QED) is 0.846. The van der Waals surface area contributed by atoms with Crippen molar-refractivity contribution in [3.8, 4) is 11.5 Å². The van der Waals surface area contributed by atoms with Crippen LogP contribution in [0.1, 0.15) is 15.9 Å². The first-order valence-electron chi connectivity index (χ1n) is 5.61. The molecule has 19 heavy (non-hydrogen) atoms. The molecule has 0 fully saturated rings. The number of ether oxygens (including phenoxy) is 1. The molecule has 0 saturated carbocycles. The molecule has 0 saturated heterocycles. The van der Waals surface area contributed by atoms with Crippen LogP contribution in [-0.4, -0.2) is 5.91 Å². The maximum Gasteiger partial charge on any atom is 0.250 e. The normalized spacial score (nSPS) is 10.2. The average Bonchev–Trinajstić information content (AvgIpc) is 2.36. The van der Waals surface area contributed by atoms with Gasteiger partial charge in [0.25, 0.3) is 5.91 Å². The van der Waals surface area contributed by atoms with Gasteiger partial charge >= 0.3 is 0 Å². The third-order valence-corrected chi connectivity index (χ3v) is 3.11. The van der Waals surface area contributed by atoms with E-state index in [1.807, 2.05) is 6.92 Å². The Bertz CT molecular complexity index is 641. The number of carbonyl (C=O) groups excluding carboxylic acids is 1. The SMILES string of the molecule is Cc1cc(Oc2cccc(C(N)=O)c2N)ccc1Cl. The van der Waals surface area contributed by atoms with Crippen LogP contribution in [0.2, 0.25) is 5.02 Å². The zero-order valence-electron chi connectivity index (χ0n) is 10.3. The summed E-state index contributed by atoms with van der Waals surface area (Å²) in [6, 6.07) is 10.1. The number of amides is 1. The highest BCUT2D eigenvalue weighted by Crippen LogP contribution is 2.31. The predicted molar refractivity (Wildman–Crippen MR) is 75.6 cm³/mol. The van der Waals surface area contributed by atoms with E-state index in [-0.39, 0.29) is 11.3 Å². The van der Waals surface area contributed by atoms with Crippen LogP contribution in [-0.2, 0) is 0 Å². The second-order valence-corrected chi connectivity index (χ2v) is 4.50. The fourth-order valence-electron chi connectivity index (χ4n) is 1.66. The molecular weight excluding hydrogens is 264 g/mol. The molecule has 0 atom stereocenters. The number of aryl methyl sites for hydroxylation is 1. The van der Waals surface area contributed by atoms with Crippen LogP contribution >= 0.6 is 11.6 Å². The molecule has 4 N–H and O–H groups in total. The van der Waals surface area contributed by atoms with Crippen LogP contribution in [0, 0.1) is 6.92 Å². The molecule has 2 aromatic carbocycles. The minimum atomic E-state index is -0.588. The number of primary amides is 1. The van der Waals surface area contributed by atoms with Gasteiger partial charge in [0.2, 0.25) is 0 Å². The van der Waals surface area contributed by atoms with Crippen LogP contribution in [0.25, 0.3) is 0 Å². The van der Waals surface area contributed by atoms with Gasteiger partial charge in [-0.25, -0.2) is 0 Å². The highest BCUT2D eigenvalue weighted by Gasteiger charge is 2.11. The molecule has 0 heterocycles. The lowest BCUT2D eigenvalue weighted by atomic mass is 10.1. The summed E-state index contributed by atoms with van der Waals surface area (Å²) in [4.78, 5) is 11.2. The molecule has 0 bridgehead atoms. The third kappa shape index (κ3) is 2.80. The van der Waals surface area contributed by atoms with E-state index >= 15 is 0 Å². The zero-order valence-corrected chi connectivity index (χ0v) is 11.1. The van der Waals surface area contributed by atoms with Crippen molar-refractivity contribution in [2.75, 3.05) is 5.73 Å². The van der Waals surface area contributed by atoms with E-state index in [0.29, 0.717) is 16.5 Å². The number of anilines is 1. The molecular formula is C14H13ClN2O2. The Morgan fingerprint density at radius 2 is 2.00 bits per heavy atom. The Morgan fingerprint density at radius 1 is 1.26 bits per heavy atom. The van der Waals surface area contributed by atoms with Gasteiger partial charge in [-0.3, -0.25) is 4.79 Å². The van der Waals surface area contributed by atoms with E-state index in [1.165, 1.54) is 0 Å². The number of rotatable bonds is 3. The van der Waals surface area contributed by atoms with Gasteiger partial charge in [0.1, 0.15) is 5.75 Å². The molecule has 0 aliphatic rings. The van der Waals surface area contributed by atoms with Gasteiger partial charge in [0.15, 0.2) is 5.75 Å². The van der Waals surface area contributed by atoms with Crippen molar-refractivity contribution in [3.63, 3.8) is 0 Å². The second kappa shape index (κ2) is 5.20. The topological polar surface area (TPSA) is 78.3 Å². The van der Waals surface area contributed by atoms with Gasteiger partial charge < -0.3 is 16.2 Å².